The van der Waals surface area contributed by atoms with Gasteiger partial charge in [0.15, 0.2) is 5.82 Å². The molecule has 0 atom stereocenters. The average molecular weight is 384 g/mol. The van der Waals surface area contributed by atoms with Crippen LogP contribution in [0.25, 0.3) is 0 Å². The number of hydrogen-bond acceptors (Lipinski definition) is 4. The zero-order valence-corrected chi connectivity index (χ0v) is 16.0. The summed E-state index contributed by atoms with van der Waals surface area (Å²) in [4.78, 5) is 36.1. The van der Waals surface area contributed by atoms with Crippen molar-refractivity contribution >= 4 is 34.7 Å². The number of benzene rings is 2. The smallest absolute Gasteiger partial charge is 0.244 e. The Kier molecular flexibility index (Phi) is 5.16. The third-order valence-corrected chi connectivity index (χ3v) is 4.72. The highest BCUT2D eigenvalue weighted by molar-refractivity contribution is 6.18. The quantitative estimate of drug-likeness (QED) is 0.742. The molecule has 144 valence electrons. The molecule has 2 amide bonds. The van der Waals surface area contributed by atoms with E-state index in [4.69, 9.17) is 0 Å². The van der Waals surface area contributed by atoms with Crippen molar-refractivity contribution in [2.75, 3.05) is 16.8 Å². The van der Waals surface area contributed by atoms with E-state index in [1.807, 2.05) is 61.5 Å². The lowest BCUT2D eigenvalue weighted by atomic mass is 10.1. The number of aliphatic imine (C=N–C) groups is 1. The first-order valence-corrected chi connectivity index (χ1v) is 9.35. The zero-order valence-electron chi connectivity index (χ0n) is 16.0. The molecule has 0 spiro atoms. The lowest BCUT2D eigenvalue weighted by Crippen LogP contribution is -2.39. The van der Waals surface area contributed by atoms with Crippen LogP contribution in [0.3, 0.4) is 0 Å². The molecule has 6 nitrogen and oxygen atoms in total. The Morgan fingerprint density at radius 2 is 1.79 bits per heavy atom. The highest BCUT2D eigenvalue weighted by Crippen LogP contribution is 2.30. The maximum Gasteiger partial charge on any atom is 0.244 e. The third-order valence-electron chi connectivity index (χ3n) is 4.72. The molecule has 0 aliphatic carbocycles. The monoisotopic (exact) mass is 384 g/mol. The van der Waals surface area contributed by atoms with Gasteiger partial charge in [0.05, 0.1) is 12.1 Å². The van der Waals surface area contributed by atoms with Crippen LogP contribution in [0, 0.1) is 6.92 Å². The van der Waals surface area contributed by atoms with Crippen LogP contribution in [0.5, 0.6) is 0 Å². The van der Waals surface area contributed by atoms with Crippen LogP contribution in [0.4, 0.5) is 17.2 Å². The van der Waals surface area contributed by atoms with Gasteiger partial charge in [-0.05, 0) is 36.2 Å². The van der Waals surface area contributed by atoms with Gasteiger partial charge in [0.1, 0.15) is 12.2 Å². The molecule has 0 saturated heterocycles. The number of pyridine rings is 1. The largest absolute Gasteiger partial charge is 0.324 e. The van der Waals surface area contributed by atoms with Gasteiger partial charge in [0, 0.05) is 11.9 Å². The maximum absolute atomic E-state index is 13.0. The van der Waals surface area contributed by atoms with Crippen LogP contribution in [0.15, 0.2) is 77.9 Å². The van der Waals surface area contributed by atoms with Crippen molar-refractivity contribution in [3.8, 4) is 0 Å². The standard InChI is InChI=1S/C23H20N4O2/c1-16-8-5-6-11-18(16)26-21(28)15-27-22(29)14-20(17-9-3-2-4-10-17)25-19-12-7-13-24-23(19)27/h2-13H,14-15H2,1H3,(H,26,28). The first-order valence-electron chi connectivity index (χ1n) is 9.35. The minimum atomic E-state index is -0.285. The van der Waals surface area contributed by atoms with E-state index in [0.717, 1.165) is 16.8 Å². The fraction of sp³-hybridized carbons (Fsp3) is 0.130. The number of aryl methyl sites for hydroxylation is 1. The molecule has 0 unspecified atom stereocenters. The molecule has 0 saturated carbocycles. The molecule has 1 N–H and O–H groups in total. The summed E-state index contributed by atoms with van der Waals surface area (Å²) in [6.45, 7) is 1.79. The van der Waals surface area contributed by atoms with Crippen LogP contribution in [0.2, 0.25) is 0 Å². The lowest BCUT2D eigenvalue weighted by Gasteiger charge is -2.21. The van der Waals surface area contributed by atoms with Gasteiger partial charge >= 0.3 is 0 Å². The summed E-state index contributed by atoms with van der Waals surface area (Å²) >= 11 is 0. The summed E-state index contributed by atoms with van der Waals surface area (Å²) in [6.07, 6.45) is 1.69. The minimum Gasteiger partial charge on any atom is -0.324 e. The number of amides is 2. The lowest BCUT2D eigenvalue weighted by molar-refractivity contribution is -0.120. The van der Waals surface area contributed by atoms with Crippen molar-refractivity contribution in [3.63, 3.8) is 0 Å². The highest BCUT2D eigenvalue weighted by atomic mass is 16.2. The molecule has 4 rings (SSSR count). The Labute approximate surface area is 168 Å². The summed E-state index contributed by atoms with van der Waals surface area (Å²) in [5.74, 6) is -0.110. The number of aromatic nitrogens is 1. The Balaban J connectivity index is 1.62. The molecule has 1 aliphatic rings. The normalized spacial score (nSPS) is 13.3. The van der Waals surface area contributed by atoms with E-state index >= 15 is 0 Å². The molecule has 0 bridgehead atoms. The Hall–Kier alpha value is -3.80. The van der Waals surface area contributed by atoms with Crippen molar-refractivity contribution < 1.29 is 9.59 Å². The van der Waals surface area contributed by atoms with E-state index < -0.39 is 0 Å². The zero-order chi connectivity index (χ0) is 20.2. The van der Waals surface area contributed by atoms with Crippen molar-refractivity contribution in [2.45, 2.75) is 13.3 Å². The number of carbonyl (C=O) groups excluding carboxylic acids is 2. The fourth-order valence-corrected chi connectivity index (χ4v) is 3.23. The van der Waals surface area contributed by atoms with E-state index in [2.05, 4.69) is 15.3 Å². The number of fused-ring (bicyclic) bond motifs is 1. The van der Waals surface area contributed by atoms with E-state index in [-0.39, 0.29) is 24.8 Å². The molecule has 0 fully saturated rings. The fourth-order valence-electron chi connectivity index (χ4n) is 3.23. The molecule has 6 heteroatoms. The van der Waals surface area contributed by atoms with Gasteiger partial charge < -0.3 is 5.32 Å². The van der Waals surface area contributed by atoms with Gasteiger partial charge in [-0.15, -0.1) is 0 Å². The van der Waals surface area contributed by atoms with Crippen molar-refractivity contribution in [3.05, 3.63) is 84.1 Å². The highest BCUT2D eigenvalue weighted by Gasteiger charge is 2.27. The van der Waals surface area contributed by atoms with Gasteiger partial charge in [-0.1, -0.05) is 48.5 Å². The number of carbonyl (C=O) groups is 2. The Morgan fingerprint density at radius 3 is 2.59 bits per heavy atom. The molecule has 2 heterocycles. The van der Waals surface area contributed by atoms with Gasteiger partial charge in [-0.2, -0.15) is 0 Å². The first-order chi connectivity index (χ1) is 14.1. The van der Waals surface area contributed by atoms with Gasteiger partial charge in [0.25, 0.3) is 0 Å². The topological polar surface area (TPSA) is 74.7 Å². The predicted molar refractivity (Wildman–Crippen MR) is 114 cm³/mol. The number of rotatable bonds is 4. The molecule has 2 aromatic carbocycles. The van der Waals surface area contributed by atoms with Gasteiger partial charge in [0.2, 0.25) is 11.8 Å². The van der Waals surface area contributed by atoms with Crippen molar-refractivity contribution in [1.29, 1.82) is 0 Å². The van der Waals surface area contributed by atoms with E-state index in [1.54, 1.807) is 18.3 Å². The molecule has 0 radical (unpaired) electrons. The van der Waals surface area contributed by atoms with E-state index in [1.165, 1.54) is 4.90 Å². The summed E-state index contributed by atoms with van der Waals surface area (Å²) in [6, 6.07) is 20.7. The molecular weight excluding hydrogens is 364 g/mol. The van der Waals surface area contributed by atoms with Crippen molar-refractivity contribution in [1.82, 2.24) is 4.98 Å². The third kappa shape index (κ3) is 4.06. The van der Waals surface area contributed by atoms with Crippen LogP contribution in [0.1, 0.15) is 17.5 Å². The molecule has 1 aromatic heterocycles. The second-order valence-corrected chi connectivity index (χ2v) is 6.79. The first kappa shape index (κ1) is 18.6. The Morgan fingerprint density at radius 1 is 1.03 bits per heavy atom. The number of nitrogens with zero attached hydrogens (tertiary/aromatic N) is 3. The van der Waals surface area contributed by atoms with Crippen LogP contribution < -0.4 is 10.2 Å². The van der Waals surface area contributed by atoms with Gasteiger partial charge in [-0.3, -0.25) is 14.5 Å². The molecule has 1 aliphatic heterocycles. The summed E-state index contributed by atoms with van der Waals surface area (Å²) in [5.41, 5.74) is 3.79. The van der Waals surface area contributed by atoms with E-state index in [9.17, 15) is 9.59 Å². The van der Waals surface area contributed by atoms with Crippen LogP contribution in [-0.4, -0.2) is 29.1 Å². The Bertz CT molecular complexity index is 1090. The number of para-hydroxylation sites is 1. The second-order valence-electron chi connectivity index (χ2n) is 6.79. The molecule has 3 aromatic rings. The molecule has 29 heavy (non-hydrogen) atoms. The summed E-state index contributed by atoms with van der Waals surface area (Å²) in [7, 11) is 0. The average Bonchev–Trinajstić information content (AvgIpc) is 2.87. The summed E-state index contributed by atoms with van der Waals surface area (Å²) in [5, 5.41) is 2.87. The van der Waals surface area contributed by atoms with Crippen LogP contribution in [-0.2, 0) is 9.59 Å². The number of anilines is 2. The molecular formula is C23H20N4O2. The SMILES string of the molecule is Cc1ccccc1NC(=O)CN1C(=O)CC(c2ccccc2)=Nc2cccnc21. The minimum absolute atomic E-state index is 0.0953. The van der Waals surface area contributed by atoms with Crippen molar-refractivity contribution in [2.24, 2.45) is 4.99 Å². The number of nitrogens with one attached hydrogen (secondary N) is 1. The second kappa shape index (κ2) is 8.06. The summed E-state index contributed by atoms with van der Waals surface area (Å²) < 4.78 is 0. The number of hydrogen-bond donors (Lipinski definition) is 1. The van der Waals surface area contributed by atoms with Gasteiger partial charge in [-0.25, -0.2) is 9.98 Å². The predicted octanol–water partition coefficient (Wildman–Crippen LogP) is 3.89. The van der Waals surface area contributed by atoms with E-state index in [0.29, 0.717) is 17.2 Å². The maximum atomic E-state index is 13.0. The van der Waals surface area contributed by atoms with Crippen LogP contribution >= 0.6 is 0 Å².